The molecule has 1 saturated carbocycles. The molecule has 5 nitrogen and oxygen atoms in total. The number of halogens is 3. The molecule has 34 heavy (non-hydrogen) atoms. The molecule has 2 N–H and O–H groups in total. The highest BCUT2D eigenvalue weighted by Crippen LogP contribution is 2.37. The van der Waals surface area contributed by atoms with Crippen LogP contribution in [0.25, 0.3) is 10.9 Å². The molecule has 2 aromatic carbocycles. The summed E-state index contributed by atoms with van der Waals surface area (Å²) in [5.41, 5.74) is -2.46. The van der Waals surface area contributed by atoms with Crippen LogP contribution in [0.3, 0.4) is 0 Å². The topological polar surface area (TPSA) is 53.1 Å². The fourth-order valence-corrected chi connectivity index (χ4v) is 5.06. The second-order valence-corrected chi connectivity index (χ2v) is 10.1. The Hall–Kier alpha value is -2.52. The van der Waals surface area contributed by atoms with Crippen molar-refractivity contribution in [2.24, 2.45) is 5.92 Å². The van der Waals surface area contributed by atoms with Crippen molar-refractivity contribution in [2.75, 3.05) is 30.9 Å². The standard InChI is InChI=1S/C25H30F3N5S/c1-33(2)23-21-8-3-4-9-22(21)31-24(32-23)30-19-12-10-17(11-13-19)15-29-16-18-6-5-7-20(14-18)34-25(26,27)28/h3-9,14,17,19,29H,10-13,15-16H2,1-2H3,(H,30,31,32). The van der Waals surface area contributed by atoms with Gasteiger partial charge in [-0.15, -0.1) is 0 Å². The first-order valence-corrected chi connectivity index (χ1v) is 12.3. The minimum absolute atomic E-state index is 0.0675. The molecule has 4 rings (SSSR count). The molecule has 0 amide bonds. The monoisotopic (exact) mass is 489 g/mol. The van der Waals surface area contributed by atoms with Gasteiger partial charge in [0.2, 0.25) is 5.95 Å². The van der Waals surface area contributed by atoms with Crippen molar-refractivity contribution < 1.29 is 13.2 Å². The van der Waals surface area contributed by atoms with Gasteiger partial charge in [-0.25, -0.2) is 4.98 Å². The second-order valence-electron chi connectivity index (χ2n) is 8.97. The van der Waals surface area contributed by atoms with Crippen molar-refractivity contribution in [3.63, 3.8) is 0 Å². The maximum Gasteiger partial charge on any atom is 0.446 e. The SMILES string of the molecule is CN(C)c1nc(NC2CCC(CNCc3cccc(SC(F)(F)F)c3)CC2)nc2ccccc12. The van der Waals surface area contributed by atoms with Gasteiger partial charge >= 0.3 is 5.51 Å². The van der Waals surface area contributed by atoms with Crippen LogP contribution in [0, 0.1) is 5.92 Å². The molecule has 0 radical (unpaired) electrons. The highest BCUT2D eigenvalue weighted by Gasteiger charge is 2.29. The number of thioether (sulfide) groups is 1. The van der Waals surface area contributed by atoms with E-state index in [1.807, 2.05) is 49.3 Å². The maximum atomic E-state index is 12.6. The number of anilines is 2. The Bertz CT molecular complexity index is 1100. The predicted octanol–water partition coefficient (Wildman–Crippen LogP) is 6.07. The van der Waals surface area contributed by atoms with Gasteiger partial charge in [0.05, 0.1) is 5.52 Å². The molecule has 0 saturated heterocycles. The summed E-state index contributed by atoms with van der Waals surface area (Å²) in [5.74, 6) is 2.13. The fraction of sp³-hybridized carbons (Fsp3) is 0.440. The Balaban J connectivity index is 1.26. The summed E-state index contributed by atoms with van der Waals surface area (Å²) < 4.78 is 37.8. The van der Waals surface area contributed by atoms with Crippen LogP contribution < -0.4 is 15.5 Å². The van der Waals surface area contributed by atoms with E-state index in [1.165, 1.54) is 6.07 Å². The zero-order valence-electron chi connectivity index (χ0n) is 19.4. The molecule has 1 heterocycles. The molecule has 1 fully saturated rings. The Morgan fingerprint density at radius 1 is 1.00 bits per heavy atom. The maximum absolute atomic E-state index is 12.6. The van der Waals surface area contributed by atoms with Crippen LogP contribution >= 0.6 is 11.8 Å². The minimum atomic E-state index is -4.26. The van der Waals surface area contributed by atoms with Gasteiger partial charge in [0.1, 0.15) is 5.82 Å². The summed E-state index contributed by atoms with van der Waals surface area (Å²) in [7, 11) is 3.98. The van der Waals surface area contributed by atoms with Crippen molar-refractivity contribution in [1.82, 2.24) is 15.3 Å². The van der Waals surface area contributed by atoms with Crippen LogP contribution in [0.4, 0.5) is 24.9 Å². The van der Waals surface area contributed by atoms with Crippen molar-refractivity contribution in [3.05, 3.63) is 54.1 Å². The second kappa shape index (κ2) is 10.8. The Morgan fingerprint density at radius 2 is 1.76 bits per heavy atom. The number of rotatable bonds is 8. The number of aromatic nitrogens is 2. The van der Waals surface area contributed by atoms with E-state index in [2.05, 4.69) is 10.6 Å². The first-order chi connectivity index (χ1) is 16.3. The molecule has 182 valence electrons. The lowest BCUT2D eigenvalue weighted by molar-refractivity contribution is -0.0328. The quantitative estimate of drug-likeness (QED) is 0.375. The van der Waals surface area contributed by atoms with E-state index >= 15 is 0 Å². The van der Waals surface area contributed by atoms with Crippen LogP contribution in [0.2, 0.25) is 0 Å². The molecule has 0 unspecified atom stereocenters. The smallest absolute Gasteiger partial charge is 0.362 e. The predicted molar refractivity (Wildman–Crippen MR) is 133 cm³/mol. The number of hydrogen-bond donors (Lipinski definition) is 2. The summed E-state index contributed by atoms with van der Waals surface area (Å²) in [6, 6.07) is 15.0. The molecule has 0 spiro atoms. The van der Waals surface area contributed by atoms with Gasteiger partial charge in [-0.1, -0.05) is 24.3 Å². The third-order valence-corrected chi connectivity index (χ3v) is 6.80. The van der Waals surface area contributed by atoms with Crippen LogP contribution in [0.15, 0.2) is 53.4 Å². The molecule has 1 aromatic heterocycles. The van der Waals surface area contributed by atoms with Gasteiger partial charge in [0.15, 0.2) is 0 Å². The molecule has 0 atom stereocenters. The molecule has 1 aliphatic carbocycles. The number of nitrogens with one attached hydrogen (secondary N) is 2. The third-order valence-electron chi connectivity index (χ3n) is 6.08. The van der Waals surface area contributed by atoms with E-state index < -0.39 is 5.51 Å². The summed E-state index contributed by atoms with van der Waals surface area (Å²) in [5, 5.41) is 7.99. The highest BCUT2D eigenvalue weighted by atomic mass is 32.2. The summed E-state index contributed by atoms with van der Waals surface area (Å²) in [4.78, 5) is 11.7. The van der Waals surface area contributed by atoms with Crippen LogP contribution in [-0.2, 0) is 6.54 Å². The highest BCUT2D eigenvalue weighted by molar-refractivity contribution is 8.00. The largest absolute Gasteiger partial charge is 0.446 e. The molecular weight excluding hydrogens is 459 g/mol. The number of alkyl halides is 3. The number of fused-ring (bicyclic) bond motifs is 1. The molecule has 0 bridgehead atoms. The minimum Gasteiger partial charge on any atom is -0.362 e. The van der Waals surface area contributed by atoms with E-state index in [0.29, 0.717) is 24.5 Å². The summed E-state index contributed by atoms with van der Waals surface area (Å²) in [6.45, 7) is 1.43. The first-order valence-electron chi connectivity index (χ1n) is 11.5. The first kappa shape index (κ1) is 24.6. The zero-order chi connectivity index (χ0) is 24.1. The molecule has 9 heteroatoms. The normalized spacial score (nSPS) is 18.7. The van der Waals surface area contributed by atoms with Crippen molar-refractivity contribution in [1.29, 1.82) is 0 Å². The van der Waals surface area contributed by atoms with Crippen LogP contribution in [0.1, 0.15) is 31.2 Å². The number of para-hydroxylation sites is 1. The lowest BCUT2D eigenvalue weighted by Gasteiger charge is -2.29. The Morgan fingerprint density at radius 3 is 2.50 bits per heavy atom. The van der Waals surface area contributed by atoms with E-state index in [9.17, 15) is 13.2 Å². The number of hydrogen-bond acceptors (Lipinski definition) is 6. The van der Waals surface area contributed by atoms with E-state index in [0.717, 1.165) is 54.5 Å². The average molecular weight is 490 g/mol. The molecular formula is C25H30F3N5S. The van der Waals surface area contributed by atoms with Crippen LogP contribution in [-0.4, -0.2) is 42.2 Å². The van der Waals surface area contributed by atoms with Crippen molar-refractivity contribution >= 4 is 34.4 Å². The van der Waals surface area contributed by atoms with Gasteiger partial charge in [-0.05, 0) is 79.7 Å². The average Bonchev–Trinajstić information content (AvgIpc) is 2.79. The Kier molecular flexibility index (Phi) is 7.83. The molecule has 3 aromatic rings. The number of nitrogens with zero attached hydrogens (tertiary/aromatic N) is 3. The van der Waals surface area contributed by atoms with Gasteiger partial charge in [0.25, 0.3) is 0 Å². The zero-order valence-corrected chi connectivity index (χ0v) is 20.2. The lowest BCUT2D eigenvalue weighted by atomic mass is 9.86. The fourth-order valence-electron chi connectivity index (χ4n) is 4.43. The summed E-state index contributed by atoms with van der Waals surface area (Å²) >= 11 is -0.0675. The van der Waals surface area contributed by atoms with Crippen molar-refractivity contribution in [3.8, 4) is 0 Å². The van der Waals surface area contributed by atoms with Gasteiger partial charge < -0.3 is 15.5 Å². The van der Waals surface area contributed by atoms with Gasteiger partial charge in [-0.2, -0.15) is 18.2 Å². The van der Waals surface area contributed by atoms with E-state index in [4.69, 9.17) is 9.97 Å². The van der Waals surface area contributed by atoms with Gasteiger partial charge in [-0.3, -0.25) is 0 Å². The van der Waals surface area contributed by atoms with Gasteiger partial charge in [0, 0.05) is 37.0 Å². The van der Waals surface area contributed by atoms with Crippen LogP contribution in [0.5, 0.6) is 0 Å². The molecule has 0 aliphatic heterocycles. The lowest BCUT2D eigenvalue weighted by Crippen LogP contribution is -2.31. The molecule has 1 aliphatic rings. The Labute approximate surface area is 202 Å². The summed E-state index contributed by atoms with van der Waals surface area (Å²) in [6.07, 6.45) is 4.25. The van der Waals surface area contributed by atoms with Crippen molar-refractivity contribution in [2.45, 2.75) is 48.7 Å². The number of benzene rings is 2. The third kappa shape index (κ3) is 6.76. The van der Waals surface area contributed by atoms with E-state index in [-0.39, 0.29) is 16.7 Å². The van der Waals surface area contributed by atoms with E-state index in [1.54, 1.807) is 12.1 Å².